The Labute approximate surface area is 119 Å². The van der Waals surface area contributed by atoms with Gasteiger partial charge in [0.05, 0.1) is 6.61 Å². The van der Waals surface area contributed by atoms with E-state index in [1.165, 1.54) is 6.33 Å². The summed E-state index contributed by atoms with van der Waals surface area (Å²) in [4.78, 5) is 8.22. The number of hydrogen-bond acceptors (Lipinski definition) is 5. The van der Waals surface area contributed by atoms with Crippen LogP contribution in [0.25, 0.3) is 0 Å². The molecule has 0 spiro atoms. The van der Waals surface area contributed by atoms with Gasteiger partial charge in [0, 0.05) is 6.54 Å². The van der Waals surface area contributed by atoms with Gasteiger partial charge in [-0.2, -0.15) is 4.98 Å². The summed E-state index contributed by atoms with van der Waals surface area (Å²) in [6.45, 7) is 5.39. The Morgan fingerprint density at radius 1 is 1.20 bits per heavy atom. The molecule has 3 N–H and O–H groups in total. The van der Waals surface area contributed by atoms with E-state index in [4.69, 9.17) is 10.5 Å². The number of rotatable bonds is 6. The van der Waals surface area contributed by atoms with E-state index < -0.39 is 0 Å². The van der Waals surface area contributed by atoms with Crippen molar-refractivity contribution < 1.29 is 4.74 Å². The molecule has 0 bridgehead atoms. The number of nitrogens with one attached hydrogen (secondary N) is 1. The van der Waals surface area contributed by atoms with Gasteiger partial charge in [-0.1, -0.05) is 44.2 Å². The molecule has 106 valence electrons. The van der Waals surface area contributed by atoms with Crippen LogP contribution >= 0.6 is 0 Å². The highest BCUT2D eigenvalue weighted by Crippen LogP contribution is 2.25. The van der Waals surface area contributed by atoms with Crippen molar-refractivity contribution in [1.82, 2.24) is 9.97 Å². The maximum Gasteiger partial charge on any atom is 0.242 e. The van der Waals surface area contributed by atoms with Crippen LogP contribution in [0.2, 0.25) is 0 Å². The molecule has 0 radical (unpaired) electrons. The van der Waals surface area contributed by atoms with Crippen LogP contribution in [0.5, 0.6) is 5.88 Å². The lowest BCUT2D eigenvalue weighted by Gasteiger charge is -2.13. The zero-order valence-electron chi connectivity index (χ0n) is 11.8. The van der Waals surface area contributed by atoms with Crippen LogP contribution in [0.3, 0.4) is 0 Å². The molecule has 0 aliphatic carbocycles. The van der Waals surface area contributed by atoms with E-state index in [9.17, 15) is 0 Å². The summed E-state index contributed by atoms with van der Waals surface area (Å²) >= 11 is 0. The molecular weight excluding hydrogens is 252 g/mol. The summed E-state index contributed by atoms with van der Waals surface area (Å²) in [5.41, 5.74) is 7.63. The van der Waals surface area contributed by atoms with Crippen molar-refractivity contribution in [1.29, 1.82) is 0 Å². The first-order chi connectivity index (χ1) is 9.66. The van der Waals surface area contributed by atoms with E-state index in [1.54, 1.807) is 0 Å². The number of hydrogen-bond donors (Lipinski definition) is 2. The molecule has 5 nitrogen and oxygen atoms in total. The first kappa shape index (κ1) is 14.1. The van der Waals surface area contributed by atoms with Gasteiger partial charge in [0.2, 0.25) is 5.88 Å². The van der Waals surface area contributed by atoms with Crippen LogP contribution < -0.4 is 15.8 Å². The van der Waals surface area contributed by atoms with Gasteiger partial charge in [-0.25, -0.2) is 4.98 Å². The van der Waals surface area contributed by atoms with Gasteiger partial charge in [-0.15, -0.1) is 0 Å². The van der Waals surface area contributed by atoms with E-state index in [0.29, 0.717) is 36.5 Å². The van der Waals surface area contributed by atoms with Crippen molar-refractivity contribution in [3.63, 3.8) is 0 Å². The number of nitrogens with two attached hydrogens (primary N) is 1. The molecular formula is C15H20N4O. The maximum absolute atomic E-state index is 6.02. The molecule has 0 atom stereocenters. The molecule has 0 saturated carbocycles. The highest BCUT2D eigenvalue weighted by molar-refractivity contribution is 5.66. The summed E-state index contributed by atoms with van der Waals surface area (Å²) in [6, 6.07) is 10.1. The van der Waals surface area contributed by atoms with Crippen molar-refractivity contribution in [2.24, 2.45) is 5.92 Å². The fraction of sp³-hybridized carbons (Fsp3) is 0.333. The Hall–Kier alpha value is -2.30. The second kappa shape index (κ2) is 6.75. The van der Waals surface area contributed by atoms with Crippen LogP contribution in [-0.2, 0) is 6.54 Å². The number of aromatic nitrogens is 2. The fourth-order valence-corrected chi connectivity index (χ4v) is 1.66. The Kier molecular flexibility index (Phi) is 4.76. The van der Waals surface area contributed by atoms with Gasteiger partial charge in [0.1, 0.15) is 12.0 Å². The van der Waals surface area contributed by atoms with Crippen molar-refractivity contribution in [2.45, 2.75) is 20.4 Å². The van der Waals surface area contributed by atoms with Gasteiger partial charge >= 0.3 is 0 Å². The Morgan fingerprint density at radius 3 is 2.65 bits per heavy atom. The standard InChI is InChI=1S/C15H20N4O/c1-11(2)9-20-15-13(16)14(18-10-19-15)17-8-12-6-4-3-5-7-12/h3-7,10-11H,8-9,16H2,1-2H3,(H,17,18,19). The molecule has 1 heterocycles. The Balaban J connectivity index is 2.03. The number of nitrogens with zero attached hydrogens (tertiary/aromatic N) is 2. The van der Waals surface area contributed by atoms with E-state index >= 15 is 0 Å². The predicted molar refractivity (Wildman–Crippen MR) is 80.5 cm³/mol. The van der Waals surface area contributed by atoms with Crippen LogP contribution in [-0.4, -0.2) is 16.6 Å². The molecule has 0 amide bonds. The third-order valence-corrected chi connectivity index (χ3v) is 2.70. The summed E-state index contributed by atoms with van der Waals surface area (Å²) in [5, 5.41) is 3.20. The molecule has 5 heteroatoms. The molecule has 0 aliphatic rings. The highest BCUT2D eigenvalue weighted by atomic mass is 16.5. The minimum absolute atomic E-state index is 0.421. The summed E-state index contributed by atoms with van der Waals surface area (Å²) in [7, 11) is 0. The Bertz CT molecular complexity index is 543. The largest absolute Gasteiger partial charge is 0.476 e. The van der Waals surface area contributed by atoms with Crippen molar-refractivity contribution >= 4 is 11.5 Å². The molecule has 0 fully saturated rings. The van der Waals surface area contributed by atoms with Crippen molar-refractivity contribution in [3.8, 4) is 5.88 Å². The lowest BCUT2D eigenvalue weighted by Crippen LogP contribution is -2.10. The number of nitrogen functional groups attached to an aromatic ring is 1. The van der Waals surface area contributed by atoms with E-state index in [1.807, 2.05) is 30.3 Å². The molecule has 1 aromatic carbocycles. The molecule has 2 rings (SSSR count). The lowest BCUT2D eigenvalue weighted by atomic mass is 10.2. The maximum atomic E-state index is 6.02. The summed E-state index contributed by atoms with van der Waals surface area (Å²) in [5.74, 6) is 1.46. The second-order valence-corrected chi connectivity index (χ2v) is 4.99. The van der Waals surface area contributed by atoms with Crippen molar-refractivity contribution in [2.75, 3.05) is 17.7 Å². The van der Waals surface area contributed by atoms with Crippen molar-refractivity contribution in [3.05, 3.63) is 42.2 Å². The smallest absolute Gasteiger partial charge is 0.242 e. The first-order valence-electron chi connectivity index (χ1n) is 6.68. The first-order valence-corrected chi connectivity index (χ1v) is 6.68. The average Bonchev–Trinajstić information content (AvgIpc) is 2.46. The highest BCUT2D eigenvalue weighted by Gasteiger charge is 2.09. The Morgan fingerprint density at radius 2 is 1.95 bits per heavy atom. The third-order valence-electron chi connectivity index (χ3n) is 2.70. The minimum atomic E-state index is 0.421. The minimum Gasteiger partial charge on any atom is -0.476 e. The zero-order chi connectivity index (χ0) is 14.4. The summed E-state index contributed by atoms with van der Waals surface area (Å²) < 4.78 is 5.57. The summed E-state index contributed by atoms with van der Waals surface area (Å²) in [6.07, 6.45) is 1.46. The van der Waals surface area contributed by atoms with Crippen LogP contribution in [0.15, 0.2) is 36.7 Å². The normalized spacial score (nSPS) is 10.6. The van der Waals surface area contributed by atoms with E-state index in [0.717, 1.165) is 5.56 Å². The molecule has 0 aliphatic heterocycles. The van der Waals surface area contributed by atoms with Gasteiger partial charge in [0.25, 0.3) is 0 Å². The molecule has 0 saturated heterocycles. The number of ether oxygens (including phenoxy) is 1. The molecule has 0 unspecified atom stereocenters. The van der Waals surface area contributed by atoms with Gasteiger partial charge in [0.15, 0.2) is 5.82 Å². The number of anilines is 2. The number of benzene rings is 1. The van der Waals surface area contributed by atoms with Gasteiger partial charge < -0.3 is 15.8 Å². The van der Waals surface area contributed by atoms with E-state index in [2.05, 4.69) is 29.1 Å². The van der Waals surface area contributed by atoms with Crippen LogP contribution in [0, 0.1) is 5.92 Å². The fourth-order valence-electron chi connectivity index (χ4n) is 1.66. The zero-order valence-corrected chi connectivity index (χ0v) is 11.8. The molecule has 1 aromatic heterocycles. The van der Waals surface area contributed by atoms with Crippen LogP contribution in [0.4, 0.5) is 11.5 Å². The van der Waals surface area contributed by atoms with Crippen LogP contribution in [0.1, 0.15) is 19.4 Å². The third kappa shape index (κ3) is 3.85. The monoisotopic (exact) mass is 272 g/mol. The topological polar surface area (TPSA) is 73.1 Å². The van der Waals surface area contributed by atoms with Gasteiger partial charge in [-0.05, 0) is 11.5 Å². The molecule has 20 heavy (non-hydrogen) atoms. The predicted octanol–water partition coefficient (Wildman–Crippen LogP) is 2.71. The van der Waals surface area contributed by atoms with Gasteiger partial charge in [-0.3, -0.25) is 0 Å². The SMILES string of the molecule is CC(C)COc1ncnc(NCc2ccccc2)c1N. The second-order valence-electron chi connectivity index (χ2n) is 4.99. The average molecular weight is 272 g/mol. The molecule has 2 aromatic rings. The quantitative estimate of drug-likeness (QED) is 0.845. The lowest BCUT2D eigenvalue weighted by molar-refractivity contribution is 0.262. The van der Waals surface area contributed by atoms with E-state index in [-0.39, 0.29) is 0 Å².